The summed E-state index contributed by atoms with van der Waals surface area (Å²) in [5.41, 5.74) is 0.661. The molecule has 0 spiro atoms. The third-order valence-corrected chi connectivity index (χ3v) is 5.19. The Kier molecular flexibility index (Phi) is 5.14. The number of aryl methyl sites for hydroxylation is 1. The second-order valence-electron chi connectivity index (χ2n) is 6.88. The molecule has 0 fully saturated rings. The molecule has 0 bridgehead atoms. The fraction of sp³-hybridized carbons (Fsp3) is 0.227. The molecule has 0 saturated heterocycles. The van der Waals surface area contributed by atoms with Crippen LogP contribution in [-0.4, -0.2) is 36.2 Å². The number of anilines is 1. The van der Waals surface area contributed by atoms with E-state index in [0.717, 1.165) is 28.7 Å². The number of H-pyrrole nitrogens is 1. The van der Waals surface area contributed by atoms with Crippen LogP contribution in [0.2, 0.25) is 0 Å². The topological polar surface area (TPSA) is 93.6 Å². The van der Waals surface area contributed by atoms with Gasteiger partial charge >= 0.3 is 5.69 Å². The quantitative estimate of drug-likeness (QED) is 0.715. The number of aromatic amines is 1. The first-order valence-corrected chi connectivity index (χ1v) is 9.52. The summed E-state index contributed by atoms with van der Waals surface area (Å²) >= 11 is 0. The number of para-hydroxylation sites is 1. The SMILES string of the molecule is COc1ccc(-n2c(=O)[nH]cc(C(=O)N3CCCc4ccccc43)c2=O)cc1OC. The zero-order chi connectivity index (χ0) is 21.3. The summed E-state index contributed by atoms with van der Waals surface area (Å²) in [6, 6.07) is 12.3. The number of carbonyl (C=O) groups excluding carboxylic acids is 1. The Morgan fingerprint density at radius 3 is 2.57 bits per heavy atom. The van der Waals surface area contributed by atoms with Crippen molar-refractivity contribution >= 4 is 11.6 Å². The zero-order valence-corrected chi connectivity index (χ0v) is 16.7. The van der Waals surface area contributed by atoms with E-state index >= 15 is 0 Å². The van der Waals surface area contributed by atoms with E-state index in [1.165, 1.54) is 26.5 Å². The number of nitrogens with one attached hydrogen (secondary N) is 1. The van der Waals surface area contributed by atoms with Gasteiger partial charge in [0.25, 0.3) is 11.5 Å². The highest BCUT2D eigenvalue weighted by Gasteiger charge is 2.26. The lowest BCUT2D eigenvalue weighted by atomic mass is 10.0. The van der Waals surface area contributed by atoms with Gasteiger partial charge < -0.3 is 19.4 Å². The first kappa shape index (κ1) is 19.5. The molecule has 0 saturated carbocycles. The van der Waals surface area contributed by atoms with E-state index in [2.05, 4.69) is 4.98 Å². The Labute approximate surface area is 172 Å². The van der Waals surface area contributed by atoms with Crippen molar-refractivity contribution in [3.05, 3.63) is 80.6 Å². The molecule has 0 aliphatic carbocycles. The van der Waals surface area contributed by atoms with Crippen molar-refractivity contribution in [2.45, 2.75) is 12.8 Å². The molecule has 2 aromatic carbocycles. The van der Waals surface area contributed by atoms with Crippen LogP contribution in [0.25, 0.3) is 5.69 Å². The molecule has 2 heterocycles. The molecule has 154 valence electrons. The molecule has 0 unspecified atom stereocenters. The molecule has 0 atom stereocenters. The van der Waals surface area contributed by atoms with Gasteiger partial charge in [-0.1, -0.05) is 18.2 Å². The van der Waals surface area contributed by atoms with Crippen LogP contribution in [0.5, 0.6) is 11.5 Å². The number of rotatable bonds is 4. The van der Waals surface area contributed by atoms with Crippen LogP contribution in [0, 0.1) is 0 Å². The monoisotopic (exact) mass is 407 g/mol. The van der Waals surface area contributed by atoms with E-state index in [1.54, 1.807) is 17.0 Å². The molecule has 3 aromatic rings. The number of benzene rings is 2. The molecule has 4 rings (SSSR count). The second-order valence-corrected chi connectivity index (χ2v) is 6.88. The van der Waals surface area contributed by atoms with Crippen LogP contribution in [-0.2, 0) is 6.42 Å². The summed E-state index contributed by atoms with van der Waals surface area (Å²) in [5, 5.41) is 0. The summed E-state index contributed by atoms with van der Waals surface area (Å²) in [6.45, 7) is 0.505. The lowest BCUT2D eigenvalue weighted by Crippen LogP contribution is -2.43. The summed E-state index contributed by atoms with van der Waals surface area (Å²) in [5.74, 6) is 0.378. The number of aromatic nitrogens is 2. The minimum Gasteiger partial charge on any atom is -0.493 e. The number of methoxy groups -OCH3 is 2. The fourth-order valence-corrected chi connectivity index (χ4v) is 3.71. The third-order valence-electron chi connectivity index (χ3n) is 5.19. The average Bonchev–Trinajstić information content (AvgIpc) is 2.78. The highest BCUT2D eigenvalue weighted by Crippen LogP contribution is 2.29. The highest BCUT2D eigenvalue weighted by atomic mass is 16.5. The van der Waals surface area contributed by atoms with Crippen LogP contribution in [0.15, 0.2) is 58.3 Å². The van der Waals surface area contributed by atoms with Crippen molar-refractivity contribution in [2.24, 2.45) is 0 Å². The molecule has 30 heavy (non-hydrogen) atoms. The lowest BCUT2D eigenvalue weighted by Gasteiger charge is -2.29. The van der Waals surface area contributed by atoms with Gasteiger partial charge in [0.1, 0.15) is 5.56 Å². The molecule has 1 N–H and O–H groups in total. The van der Waals surface area contributed by atoms with Crippen molar-refractivity contribution in [3.63, 3.8) is 0 Å². The minimum atomic E-state index is -0.695. The van der Waals surface area contributed by atoms with E-state index < -0.39 is 17.2 Å². The van der Waals surface area contributed by atoms with Gasteiger partial charge in [0, 0.05) is 24.5 Å². The van der Waals surface area contributed by atoms with Gasteiger partial charge in [-0.2, -0.15) is 0 Å². The van der Waals surface area contributed by atoms with Crippen LogP contribution in [0.4, 0.5) is 5.69 Å². The van der Waals surface area contributed by atoms with Crippen molar-refractivity contribution in [1.82, 2.24) is 9.55 Å². The maximum absolute atomic E-state index is 13.2. The predicted molar refractivity (Wildman–Crippen MR) is 112 cm³/mol. The highest BCUT2D eigenvalue weighted by molar-refractivity contribution is 6.06. The third kappa shape index (κ3) is 3.26. The summed E-state index contributed by atoms with van der Waals surface area (Å²) in [6.07, 6.45) is 2.86. The van der Waals surface area contributed by atoms with Crippen LogP contribution in [0.1, 0.15) is 22.3 Å². The number of hydrogen-bond acceptors (Lipinski definition) is 5. The zero-order valence-electron chi connectivity index (χ0n) is 16.7. The van der Waals surface area contributed by atoms with Crippen molar-refractivity contribution in [1.29, 1.82) is 0 Å². The van der Waals surface area contributed by atoms with Gasteiger partial charge in [0.05, 0.1) is 19.9 Å². The number of amides is 1. The molecule has 0 radical (unpaired) electrons. The number of fused-ring (bicyclic) bond motifs is 1. The fourth-order valence-electron chi connectivity index (χ4n) is 3.71. The summed E-state index contributed by atoms with van der Waals surface area (Å²) in [7, 11) is 2.95. The molecule has 1 aliphatic rings. The van der Waals surface area contributed by atoms with Crippen molar-refractivity contribution in [3.8, 4) is 17.2 Å². The first-order chi connectivity index (χ1) is 14.5. The Hall–Kier alpha value is -3.81. The normalized spacial score (nSPS) is 12.9. The molecular formula is C22H21N3O5. The Balaban J connectivity index is 1.81. The van der Waals surface area contributed by atoms with Gasteiger partial charge in [0.15, 0.2) is 11.5 Å². The number of nitrogens with zero attached hydrogens (tertiary/aromatic N) is 2. The van der Waals surface area contributed by atoms with Crippen molar-refractivity contribution < 1.29 is 14.3 Å². The van der Waals surface area contributed by atoms with Crippen LogP contribution < -0.4 is 25.6 Å². The van der Waals surface area contributed by atoms with Gasteiger partial charge in [-0.25, -0.2) is 9.36 Å². The molecular weight excluding hydrogens is 386 g/mol. The Morgan fingerprint density at radius 1 is 1.03 bits per heavy atom. The standard InChI is InChI=1S/C22H21N3O5/c1-29-18-10-9-15(12-19(18)30-2)25-21(27)16(13-23-22(25)28)20(26)24-11-5-7-14-6-3-4-8-17(14)24/h3-4,6,8-10,12-13H,5,7,11H2,1-2H3,(H,23,28). The van der Waals surface area contributed by atoms with E-state index in [1.807, 2.05) is 24.3 Å². The predicted octanol–water partition coefficient (Wildman–Crippen LogP) is 2.14. The average molecular weight is 407 g/mol. The van der Waals surface area contributed by atoms with Crippen LogP contribution >= 0.6 is 0 Å². The number of carbonyl (C=O) groups is 1. The largest absolute Gasteiger partial charge is 0.493 e. The smallest absolute Gasteiger partial charge is 0.333 e. The van der Waals surface area contributed by atoms with Gasteiger partial charge in [0.2, 0.25) is 0 Å². The van der Waals surface area contributed by atoms with E-state index in [0.29, 0.717) is 18.0 Å². The summed E-state index contributed by atoms with van der Waals surface area (Å²) in [4.78, 5) is 43.0. The molecule has 1 aromatic heterocycles. The molecule has 8 heteroatoms. The second kappa shape index (κ2) is 7.90. The van der Waals surface area contributed by atoms with Gasteiger partial charge in [-0.3, -0.25) is 9.59 Å². The molecule has 8 nitrogen and oxygen atoms in total. The minimum absolute atomic E-state index is 0.110. The number of hydrogen-bond donors (Lipinski definition) is 1. The van der Waals surface area contributed by atoms with Crippen molar-refractivity contribution in [2.75, 3.05) is 25.7 Å². The lowest BCUT2D eigenvalue weighted by molar-refractivity contribution is 0.0983. The molecule has 1 amide bonds. The van der Waals surface area contributed by atoms with E-state index in [4.69, 9.17) is 9.47 Å². The number of ether oxygens (including phenoxy) is 2. The van der Waals surface area contributed by atoms with Gasteiger partial charge in [-0.15, -0.1) is 0 Å². The summed E-state index contributed by atoms with van der Waals surface area (Å²) < 4.78 is 11.4. The molecule has 1 aliphatic heterocycles. The Morgan fingerprint density at radius 2 is 1.80 bits per heavy atom. The first-order valence-electron chi connectivity index (χ1n) is 9.52. The maximum atomic E-state index is 13.2. The maximum Gasteiger partial charge on any atom is 0.333 e. The van der Waals surface area contributed by atoms with Gasteiger partial charge in [-0.05, 0) is 36.6 Å². The van der Waals surface area contributed by atoms with E-state index in [9.17, 15) is 14.4 Å². The Bertz CT molecular complexity index is 1230. The van der Waals surface area contributed by atoms with Crippen LogP contribution in [0.3, 0.4) is 0 Å². The van der Waals surface area contributed by atoms with E-state index in [-0.39, 0.29) is 11.3 Å².